The quantitative estimate of drug-likeness (QED) is 0.267. The number of unbranched alkanes of at least 4 members (excludes halogenated alkanes) is 2. The van der Waals surface area contributed by atoms with E-state index < -0.39 is 0 Å². The predicted molar refractivity (Wildman–Crippen MR) is 141 cm³/mol. The molecule has 0 spiro atoms. The lowest BCUT2D eigenvalue weighted by Gasteiger charge is -2.04. The molecule has 3 rings (SSSR count). The fourth-order valence-electron chi connectivity index (χ4n) is 3.32. The maximum Gasteiger partial charge on any atom is 0.0630 e. The van der Waals surface area contributed by atoms with Gasteiger partial charge in [0.2, 0.25) is 0 Å². The number of hydrogen-bond donors (Lipinski definition) is 0. The topological polar surface area (TPSA) is 24.7 Å². The van der Waals surface area contributed by atoms with Crippen LogP contribution in [-0.4, -0.2) is 12.4 Å². The van der Waals surface area contributed by atoms with E-state index >= 15 is 0 Å². The summed E-state index contributed by atoms with van der Waals surface area (Å²) >= 11 is 13.0. The number of rotatable bonds is 10. The van der Waals surface area contributed by atoms with Gasteiger partial charge in [0.05, 0.1) is 21.4 Å². The molecule has 0 aromatic heterocycles. The van der Waals surface area contributed by atoms with Crippen molar-refractivity contribution < 1.29 is 0 Å². The second kappa shape index (κ2) is 12.6. The van der Waals surface area contributed by atoms with E-state index in [2.05, 4.69) is 48.1 Å². The smallest absolute Gasteiger partial charge is 0.0630 e. The van der Waals surface area contributed by atoms with Gasteiger partial charge in [-0.05, 0) is 73.2 Å². The Hall–Kier alpha value is -2.42. The van der Waals surface area contributed by atoms with Gasteiger partial charge < -0.3 is 0 Å². The Bertz CT molecular complexity index is 965. The van der Waals surface area contributed by atoms with Gasteiger partial charge in [-0.3, -0.25) is 9.98 Å². The summed E-state index contributed by atoms with van der Waals surface area (Å²) < 4.78 is 0. The number of nitrogens with zero attached hydrogens (tertiary/aromatic N) is 2. The molecule has 166 valence electrons. The summed E-state index contributed by atoms with van der Waals surface area (Å²) in [6.45, 7) is 4.41. The molecule has 0 unspecified atom stereocenters. The van der Waals surface area contributed by atoms with Gasteiger partial charge in [-0.15, -0.1) is 0 Å². The number of halogens is 2. The fourth-order valence-corrected chi connectivity index (χ4v) is 3.76. The van der Waals surface area contributed by atoms with Crippen LogP contribution >= 0.6 is 23.2 Å². The minimum absolute atomic E-state index is 0.592. The van der Waals surface area contributed by atoms with Crippen LogP contribution < -0.4 is 0 Å². The van der Waals surface area contributed by atoms with Crippen LogP contribution in [0.4, 0.5) is 11.4 Å². The van der Waals surface area contributed by atoms with E-state index in [4.69, 9.17) is 23.2 Å². The van der Waals surface area contributed by atoms with Crippen LogP contribution in [0, 0.1) is 0 Å². The highest BCUT2D eigenvalue weighted by Crippen LogP contribution is 2.25. The first-order valence-electron chi connectivity index (χ1n) is 11.3. The van der Waals surface area contributed by atoms with Crippen LogP contribution in [0.25, 0.3) is 0 Å². The molecule has 0 amide bonds. The molecule has 0 aliphatic rings. The second-order valence-electron chi connectivity index (χ2n) is 7.95. The molecule has 0 atom stereocenters. The monoisotopic (exact) mass is 464 g/mol. The van der Waals surface area contributed by atoms with Gasteiger partial charge in [0.15, 0.2) is 0 Å². The molecule has 0 bridgehead atoms. The minimum Gasteiger partial charge on any atom is -0.256 e. The Kier molecular flexibility index (Phi) is 9.52. The Morgan fingerprint density at radius 1 is 0.625 bits per heavy atom. The van der Waals surface area contributed by atoms with Crippen LogP contribution in [0.2, 0.25) is 10.0 Å². The summed E-state index contributed by atoms with van der Waals surface area (Å²) in [7, 11) is 0. The van der Waals surface area contributed by atoms with Gasteiger partial charge >= 0.3 is 0 Å². The zero-order chi connectivity index (χ0) is 22.8. The molecule has 0 fully saturated rings. The van der Waals surface area contributed by atoms with Gasteiger partial charge in [0, 0.05) is 23.6 Å². The van der Waals surface area contributed by atoms with Crippen LogP contribution in [0.5, 0.6) is 0 Å². The van der Waals surface area contributed by atoms with Gasteiger partial charge in [-0.2, -0.15) is 0 Å². The molecule has 0 aliphatic heterocycles. The molecular formula is C28H30Cl2N2. The Labute approximate surface area is 202 Å². The molecular weight excluding hydrogens is 435 g/mol. The van der Waals surface area contributed by atoms with Gasteiger partial charge in [0.25, 0.3) is 0 Å². The van der Waals surface area contributed by atoms with Crippen LogP contribution in [-0.2, 0) is 12.8 Å². The van der Waals surface area contributed by atoms with E-state index in [-0.39, 0.29) is 0 Å². The first kappa shape index (κ1) is 24.2. The molecule has 2 nitrogen and oxygen atoms in total. The summed E-state index contributed by atoms with van der Waals surface area (Å²) in [4.78, 5) is 9.10. The van der Waals surface area contributed by atoms with Gasteiger partial charge in [-0.1, -0.05) is 74.2 Å². The Morgan fingerprint density at radius 2 is 1.00 bits per heavy atom. The van der Waals surface area contributed by atoms with Crippen molar-refractivity contribution in [3.05, 3.63) is 93.0 Å². The van der Waals surface area contributed by atoms with Crippen molar-refractivity contribution >= 4 is 47.0 Å². The van der Waals surface area contributed by atoms with Crippen molar-refractivity contribution in [2.75, 3.05) is 0 Å². The van der Waals surface area contributed by atoms with Crippen LogP contribution in [0.1, 0.15) is 61.8 Å². The summed E-state index contributed by atoms with van der Waals surface area (Å²) in [6, 6.07) is 20.3. The zero-order valence-electron chi connectivity index (χ0n) is 18.8. The first-order chi connectivity index (χ1) is 15.6. The standard InChI is InChI=1S/C28H30Cl2N2/c1-3-5-7-21-9-13-25(14-10-21)31-19-23-17-28(30)24(18-27(23)29)20-32-26-15-11-22(12-16-26)8-6-4-2/h9-20H,3-8H2,1-2H3. The Morgan fingerprint density at radius 3 is 1.34 bits per heavy atom. The minimum atomic E-state index is 0.592. The highest BCUT2D eigenvalue weighted by molar-refractivity contribution is 6.36. The lowest BCUT2D eigenvalue weighted by molar-refractivity contribution is 0.795. The lowest BCUT2D eigenvalue weighted by atomic mass is 10.1. The third-order valence-electron chi connectivity index (χ3n) is 5.33. The van der Waals surface area contributed by atoms with E-state index in [1.165, 1.54) is 36.8 Å². The summed E-state index contributed by atoms with van der Waals surface area (Å²) in [5, 5.41) is 1.18. The molecule has 4 heteroatoms. The molecule has 0 radical (unpaired) electrons. The summed E-state index contributed by atoms with van der Waals surface area (Å²) in [5.41, 5.74) is 6.03. The van der Waals surface area contributed by atoms with Gasteiger partial charge in [0.1, 0.15) is 0 Å². The van der Waals surface area contributed by atoms with E-state index in [1.54, 1.807) is 12.4 Å². The van der Waals surface area contributed by atoms with Crippen molar-refractivity contribution in [2.45, 2.75) is 52.4 Å². The second-order valence-corrected chi connectivity index (χ2v) is 8.77. The first-order valence-corrected chi connectivity index (χ1v) is 12.1. The SMILES string of the molecule is CCCCc1ccc(N=Cc2cc(Cl)c(C=Nc3ccc(CCCC)cc3)cc2Cl)cc1. The number of aliphatic imine (C=N–C) groups is 2. The lowest BCUT2D eigenvalue weighted by Crippen LogP contribution is -1.90. The summed E-state index contributed by atoms with van der Waals surface area (Å²) in [5.74, 6) is 0. The van der Waals surface area contributed by atoms with E-state index in [0.29, 0.717) is 10.0 Å². The van der Waals surface area contributed by atoms with Crippen molar-refractivity contribution in [3.8, 4) is 0 Å². The third kappa shape index (κ3) is 7.32. The number of hydrogen-bond acceptors (Lipinski definition) is 2. The molecule has 0 aliphatic carbocycles. The maximum absolute atomic E-state index is 6.49. The number of aryl methyl sites for hydroxylation is 2. The molecule has 32 heavy (non-hydrogen) atoms. The largest absolute Gasteiger partial charge is 0.256 e. The molecule has 0 heterocycles. The van der Waals surface area contributed by atoms with Crippen LogP contribution in [0.15, 0.2) is 70.6 Å². The van der Waals surface area contributed by atoms with Crippen molar-refractivity contribution in [1.82, 2.24) is 0 Å². The highest BCUT2D eigenvalue weighted by atomic mass is 35.5. The fraction of sp³-hybridized carbons (Fsp3) is 0.286. The number of benzene rings is 3. The van der Waals surface area contributed by atoms with Crippen molar-refractivity contribution in [1.29, 1.82) is 0 Å². The molecule has 0 saturated heterocycles. The molecule has 0 N–H and O–H groups in total. The molecule has 3 aromatic rings. The molecule has 0 saturated carbocycles. The third-order valence-corrected chi connectivity index (χ3v) is 5.99. The maximum atomic E-state index is 6.49. The van der Waals surface area contributed by atoms with E-state index in [1.807, 2.05) is 36.4 Å². The Balaban J connectivity index is 1.68. The van der Waals surface area contributed by atoms with Gasteiger partial charge in [-0.25, -0.2) is 0 Å². The van der Waals surface area contributed by atoms with E-state index in [9.17, 15) is 0 Å². The predicted octanol–water partition coefficient (Wildman–Crippen LogP) is 9.18. The zero-order valence-corrected chi connectivity index (χ0v) is 20.3. The highest BCUT2D eigenvalue weighted by Gasteiger charge is 2.05. The molecule has 3 aromatic carbocycles. The normalized spacial score (nSPS) is 11.6. The van der Waals surface area contributed by atoms with Crippen molar-refractivity contribution in [3.63, 3.8) is 0 Å². The van der Waals surface area contributed by atoms with E-state index in [0.717, 1.165) is 35.3 Å². The average Bonchev–Trinajstić information content (AvgIpc) is 2.82. The van der Waals surface area contributed by atoms with Crippen molar-refractivity contribution in [2.24, 2.45) is 9.98 Å². The van der Waals surface area contributed by atoms with Crippen LogP contribution in [0.3, 0.4) is 0 Å². The summed E-state index contributed by atoms with van der Waals surface area (Å²) in [6.07, 6.45) is 10.5. The average molecular weight is 465 g/mol.